The third-order valence-electron chi connectivity index (χ3n) is 4.96. The topological polar surface area (TPSA) is 54.0 Å². The largest absolute Gasteiger partial charge is 0.573 e. The fourth-order valence-electron chi connectivity index (χ4n) is 3.42. The minimum absolute atomic E-state index is 0.0235. The highest BCUT2D eigenvalue weighted by atomic mass is 32.2. The lowest BCUT2D eigenvalue weighted by molar-refractivity contribution is -0.274. The smallest absolute Gasteiger partial charge is 0.404 e. The molecular formula is C22H22F3N3O3S. The Kier molecular flexibility index (Phi) is 6.92. The van der Waals surface area contributed by atoms with Crippen LogP contribution in [0.25, 0.3) is 4.91 Å². The number of hydrogen-bond donors (Lipinski definition) is 1. The Morgan fingerprint density at radius 1 is 1.12 bits per heavy atom. The molecule has 2 aliphatic rings. The fraction of sp³-hybridized carbons (Fsp3) is 0.318. The molecule has 0 aliphatic carbocycles. The zero-order valence-electron chi connectivity index (χ0n) is 17.1. The molecule has 0 atom stereocenters. The minimum atomic E-state index is -4.87. The molecule has 2 aromatic carbocycles. The van der Waals surface area contributed by atoms with Gasteiger partial charge in [-0.25, -0.2) is 0 Å². The molecule has 0 unspecified atom stereocenters. The number of hydrogen-bond acceptors (Lipinski definition) is 6. The molecule has 0 saturated carbocycles. The lowest BCUT2D eigenvalue weighted by atomic mass is 10.2. The van der Waals surface area contributed by atoms with Gasteiger partial charge in [-0.05, 0) is 23.8 Å². The van der Waals surface area contributed by atoms with Crippen LogP contribution in [0.15, 0.2) is 54.7 Å². The van der Waals surface area contributed by atoms with Gasteiger partial charge in [0.2, 0.25) is 5.91 Å². The summed E-state index contributed by atoms with van der Waals surface area (Å²) in [7, 11) is 0. The molecule has 2 aliphatic heterocycles. The highest BCUT2D eigenvalue weighted by molar-refractivity contribution is 8.08. The van der Waals surface area contributed by atoms with Crippen molar-refractivity contribution in [2.45, 2.75) is 6.36 Å². The van der Waals surface area contributed by atoms with Crippen LogP contribution >= 0.6 is 11.8 Å². The number of halogens is 3. The van der Waals surface area contributed by atoms with E-state index in [0.29, 0.717) is 37.9 Å². The van der Waals surface area contributed by atoms with Crippen LogP contribution in [-0.4, -0.2) is 55.9 Å². The quantitative estimate of drug-likeness (QED) is 0.684. The number of anilines is 2. The van der Waals surface area contributed by atoms with Crippen molar-refractivity contribution in [1.29, 1.82) is 0 Å². The van der Waals surface area contributed by atoms with E-state index >= 15 is 0 Å². The van der Waals surface area contributed by atoms with Gasteiger partial charge in [0.1, 0.15) is 0 Å². The minimum Gasteiger partial charge on any atom is -0.404 e. The van der Waals surface area contributed by atoms with Crippen molar-refractivity contribution < 1.29 is 27.4 Å². The van der Waals surface area contributed by atoms with Crippen LogP contribution in [-0.2, 0) is 9.53 Å². The predicted molar refractivity (Wildman–Crippen MR) is 118 cm³/mol. The number of nitrogens with zero attached hydrogens (tertiary/aromatic N) is 2. The van der Waals surface area contributed by atoms with Crippen molar-refractivity contribution in [3.63, 3.8) is 0 Å². The summed E-state index contributed by atoms with van der Waals surface area (Å²) in [5, 5.41) is 2.59. The molecule has 2 aromatic rings. The second-order valence-electron chi connectivity index (χ2n) is 7.27. The van der Waals surface area contributed by atoms with Gasteiger partial charge in [0.25, 0.3) is 0 Å². The van der Waals surface area contributed by atoms with Crippen LogP contribution in [0.1, 0.15) is 5.56 Å². The zero-order chi connectivity index (χ0) is 22.6. The maximum Gasteiger partial charge on any atom is 0.573 e. The third-order valence-corrected chi connectivity index (χ3v) is 6.02. The second kappa shape index (κ2) is 9.85. The maximum absolute atomic E-state index is 12.9. The molecule has 6 nitrogen and oxygen atoms in total. The van der Waals surface area contributed by atoms with Crippen LogP contribution in [0.2, 0.25) is 0 Å². The van der Waals surface area contributed by atoms with Crippen LogP contribution in [0.5, 0.6) is 5.75 Å². The molecule has 1 N–H and O–H groups in total. The molecule has 1 saturated heterocycles. The van der Waals surface area contributed by atoms with Gasteiger partial charge in [-0.15, -0.1) is 24.9 Å². The molecular weight excluding hydrogens is 443 g/mol. The Morgan fingerprint density at radius 2 is 1.88 bits per heavy atom. The molecule has 0 spiro atoms. The second-order valence-corrected chi connectivity index (χ2v) is 8.25. The lowest BCUT2D eigenvalue weighted by Gasteiger charge is -2.26. The molecule has 0 aromatic heterocycles. The van der Waals surface area contributed by atoms with Crippen molar-refractivity contribution >= 4 is 33.9 Å². The van der Waals surface area contributed by atoms with Gasteiger partial charge in [0, 0.05) is 29.9 Å². The van der Waals surface area contributed by atoms with Gasteiger partial charge in [-0.2, -0.15) is 0 Å². The Labute approximate surface area is 188 Å². The number of nitrogens with one attached hydrogen (secondary N) is 1. The summed E-state index contributed by atoms with van der Waals surface area (Å²) < 4.78 is 48.1. The molecule has 4 rings (SSSR count). The van der Waals surface area contributed by atoms with Gasteiger partial charge in [0.15, 0.2) is 5.75 Å². The monoisotopic (exact) mass is 465 g/mol. The van der Waals surface area contributed by atoms with Crippen molar-refractivity contribution in [3.05, 3.63) is 60.3 Å². The third kappa shape index (κ3) is 5.96. The SMILES string of the molecule is O=C(CN1CCOCC1)Nc1cc(N2C=C(c3ccccc3)SC2)ccc1OC(F)(F)F. The Hall–Kier alpha value is -2.69. The number of thioether (sulfide) groups is 1. The first-order valence-corrected chi connectivity index (χ1v) is 11.0. The number of amides is 1. The van der Waals surface area contributed by atoms with Gasteiger partial charge >= 0.3 is 6.36 Å². The fourth-order valence-corrected chi connectivity index (χ4v) is 4.43. The molecule has 1 fully saturated rings. The first kappa shape index (κ1) is 22.5. The Balaban J connectivity index is 1.54. The van der Waals surface area contributed by atoms with Crippen LogP contribution in [0.3, 0.4) is 0 Å². The summed E-state index contributed by atoms with van der Waals surface area (Å²) in [6.45, 7) is 2.30. The summed E-state index contributed by atoms with van der Waals surface area (Å²) in [4.78, 5) is 17.4. The van der Waals surface area contributed by atoms with E-state index in [0.717, 1.165) is 10.5 Å². The number of alkyl halides is 3. The van der Waals surface area contributed by atoms with Crippen LogP contribution in [0, 0.1) is 0 Å². The molecule has 32 heavy (non-hydrogen) atoms. The van der Waals surface area contributed by atoms with E-state index < -0.39 is 18.0 Å². The maximum atomic E-state index is 12.9. The molecule has 1 amide bonds. The summed E-state index contributed by atoms with van der Waals surface area (Å²) in [6.07, 6.45) is -2.92. The van der Waals surface area contributed by atoms with Crippen LogP contribution < -0.4 is 15.0 Å². The predicted octanol–water partition coefficient (Wildman–Crippen LogP) is 4.37. The first-order valence-electron chi connectivity index (χ1n) is 10.0. The van der Waals surface area contributed by atoms with Gasteiger partial charge in [-0.3, -0.25) is 9.69 Å². The molecule has 0 bridgehead atoms. The van der Waals surface area contributed by atoms with Crippen molar-refractivity contribution in [2.24, 2.45) is 0 Å². The van der Waals surface area contributed by atoms with Crippen LogP contribution in [0.4, 0.5) is 24.5 Å². The van der Waals surface area contributed by atoms with E-state index in [9.17, 15) is 18.0 Å². The molecule has 2 heterocycles. The van der Waals surface area contributed by atoms with Gasteiger partial charge in [0.05, 0.1) is 31.3 Å². The number of morpholine rings is 1. The Bertz CT molecular complexity index is 979. The molecule has 10 heteroatoms. The Morgan fingerprint density at radius 3 is 2.59 bits per heavy atom. The van der Waals surface area contributed by atoms with E-state index in [2.05, 4.69) is 10.1 Å². The highest BCUT2D eigenvalue weighted by Crippen LogP contribution is 2.39. The van der Waals surface area contributed by atoms with E-state index in [1.54, 1.807) is 17.8 Å². The van der Waals surface area contributed by atoms with Crippen molar-refractivity contribution in [2.75, 3.05) is 48.9 Å². The van der Waals surface area contributed by atoms with E-state index in [1.807, 2.05) is 46.3 Å². The molecule has 170 valence electrons. The van der Waals surface area contributed by atoms with E-state index in [-0.39, 0.29) is 12.2 Å². The highest BCUT2D eigenvalue weighted by Gasteiger charge is 2.33. The van der Waals surface area contributed by atoms with Gasteiger partial charge < -0.3 is 19.7 Å². The average Bonchev–Trinajstić information content (AvgIpc) is 3.26. The van der Waals surface area contributed by atoms with Gasteiger partial charge in [-0.1, -0.05) is 30.3 Å². The lowest BCUT2D eigenvalue weighted by Crippen LogP contribution is -2.41. The average molecular weight is 465 g/mol. The number of carbonyl (C=O) groups is 1. The van der Waals surface area contributed by atoms with E-state index in [1.165, 1.54) is 12.1 Å². The number of benzene rings is 2. The van der Waals surface area contributed by atoms with Crippen molar-refractivity contribution in [1.82, 2.24) is 4.90 Å². The summed E-state index contributed by atoms with van der Waals surface area (Å²) in [5.74, 6) is -0.256. The zero-order valence-corrected chi connectivity index (χ0v) is 17.9. The molecule has 0 radical (unpaired) electrons. The summed E-state index contributed by atoms with van der Waals surface area (Å²) >= 11 is 1.63. The standard InChI is InChI=1S/C22H22F3N3O3S/c23-22(24,25)31-19-7-6-17(28-13-20(32-15-28)16-4-2-1-3-5-16)12-18(19)26-21(29)14-27-8-10-30-11-9-27/h1-7,12-13H,8-11,14-15H2,(H,26,29). The number of ether oxygens (including phenoxy) is 2. The van der Waals surface area contributed by atoms with Crippen molar-refractivity contribution in [3.8, 4) is 5.75 Å². The number of rotatable bonds is 6. The number of carbonyl (C=O) groups excluding carboxylic acids is 1. The normalized spacial score (nSPS) is 17.2. The summed E-state index contributed by atoms with van der Waals surface area (Å²) in [5.41, 5.74) is 1.69. The first-order chi connectivity index (χ1) is 15.4. The van der Waals surface area contributed by atoms with E-state index in [4.69, 9.17) is 4.74 Å². The summed E-state index contributed by atoms with van der Waals surface area (Å²) in [6, 6.07) is 14.1.